The van der Waals surface area contributed by atoms with E-state index in [-0.39, 0.29) is 12.5 Å². The number of carbonyl (C=O) groups is 1. The van der Waals surface area contributed by atoms with Gasteiger partial charge in [-0.05, 0) is 30.9 Å². The molecule has 0 saturated carbocycles. The number of hydrogen-bond donors (Lipinski definition) is 0. The molecular weight excluding hydrogens is 338 g/mol. The molecular formula is C18H23N3O3S. The minimum absolute atomic E-state index is 0.162. The summed E-state index contributed by atoms with van der Waals surface area (Å²) in [4.78, 5) is 18.8. The number of carbonyl (C=O) groups excluding carboxylic acids is 1. The number of hydrogen-bond acceptors (Lipinski definition) is 4. The molecule has 6 nitrogen and oxygen atoms in total. The lowest BCUT2D eigenvalue weighted by molar-refractivity contribution is -0.131. The number of aromatic nitrogens is 1. The van der Waals surface area contributed by atoms with Gasteiger partial charge in [0, 0.05) is 24.7 Å². The lowest BCUT2D eigenvalue weighted by Gasteiger charge is -2.33. The van der Waals surface area contributed by atoms with Crippen LogP contribution in [-0.4, -0.2) is 50.1 Å². The zero-order chi connectivity index (χ0) is 18.0. The summed E-state index contributed by atoms with van der Waals surface area (Å²) < 4.78 is 25.9. The van der Waals surface area contributed by atoms with Gasteiger partial charge in [0.1, 0.15) is 6.54 Å². The topological polar surface area (TPSA) is 70.6 Å². The van der Waals surface area contributed by atoms with Crippen molar-refractivity contribution in [2.45, 2.75) is 19.8 Å². The number of rotatable bonds is 4. The zero-order valence-corrected chi connectivity index (χ0v) is 15.4. The van der Waals surface area contributed by atoms with Crippen molar-refractivity contribution in [1.82, 2.24) is 9.88 Å². The molecule has 1 aliphatic rings. The van der Waals surface area contributed by atoms with Crippen molar-refractivity contribution >= 4 is 32.5 Å². The molecule has 1 atom stereocenters. The molecule has 1 aromatic heterocycles. The standard InChI is InChI=1S/C18H23N3O3S/c1-14-6-5-11-20(12-14)17(22)13-21(25(2,23)24)16-9-3-7-15-8-4-10-19-18(15)16/h3-4,7-10,14H,5-6,11-13H2,1-2H3. The van der Waals surface area contributed by atoms with Crippen molar-refractivity contribution in [3.63, 3.8) is 0 Å². The van der Waals surface area contributed by atoms with Gasteiger partial charge in [-0.25, -0.2) is 8.42 Å². The summed E-state index contributed by atoms with van der Waals surface area (Å²) in [5.74, 6) is 0.286. The highest BCUT2D eigenvalue weighted by Gasteiger charge is 2.27. The number of benzene rings is 1. The maximum absolute atomic E-state index is 12.7. The number of para-hydroxylation sites is 1. The maximum atomic E-state index is 12.7. The van der Waals surface area contributed by atoms with Gasteiger partial charge in [-0.2, -0.15) is 0 Å². The van der Waals surface area contributed by atoms with E-state index in [2.05, 4.69) is 11.9 Å². The third-order valence-corrected chi connectivity index (χ3v) is 5.70. The van der Waals surface area contributed by atoms with E-state index in [1.807, 2.05) is 12.1 Å². The Labute approximate surface area is 148 Å². The van der Waals surface area contributed by atoms with Gasteiger partial charge in [-0.3, -0.25) is 14.1 Å². The van der Waals surface area contributed by atoms with E-state index in [4.69, 9.17) is 0 Å². The minimum atomic E-state index is -3.61. The molecule has 0 spiro atoms. The maximum Gasteiger partial charge on any atom is 0.243 e. The number of nitrogens with zero attached hydrogens (tertiary/aromatic N) is 3. The molecule has 1 aliphatic heterocycles. The molecule has 0 N–H and O–H groups in total. The molecule has 25 heavy (non-hydrogen) atoms. The van der Waals surface area contributed by atoms with Gasteiger partial charge >= 0.3 is 0 Å². The molecule has 0 bridgehead atoms. The normalized spacial score (nSPS) is 18.3. The summed E-state index contributed by atoms with van der Waals surface area (Å²) in [7, 11) is -3.61. The summed E-state index contributed by atoms with van der Waals surface area (Å²) in [6, 6.07) is 9.03. The molecule has 1 fully saturated rings. The van der Waals surface area contributed by atoms with Crippen LogP contribution >= 0.6 is 0 Å². The van der Waals surface area contributed by atoms with E-state index >= 15 is 0 Å². The van der Waals surface area contributed by atoms with Gasteiger partial charge in [0.05, 0.1) is 17.5 Å². The van der Waals surface area contributed by atoms with Gasteiger partial charge in [0.2, 0.25) is 15.9 Å². The Morgan fingerprint density at radius 3 is 2.80 bits per heavy atom. The molecule has 0 aliphatic carbocycles. The Kier molecular flexibility index (Phi) is 4.94. The van der Waals surface area contributed by atoms with Crippen LogP contribution in [0, 0.1) is 5.92 Å². The zero-order valence-electron chi connectivity index (χ0n) is 14.6. The Morgan fingerprint density at radius 1 is 1.32 bits per heavy atom. The van der Waals surface area contributed by atoms with Crippen molar-refractivity contribution in [2.24, 2.45) is 5.92 Å². The van der Waals surface area contributed by atoms with E-state index in [9.17, 15) is 13.2 Å². The van der Waals surface area contributed by atoms with Crippen molar-refractivity contribution < 1.29 is 13.2 Å². The van der Waals surface area contributed by atoms with Crippen LogP contribution in [-0.2, 0) is 14.8 Å². The molecule has 0 radical (unpaired) electrons. The SMILES string of the molecule is CC1CCCN(C(=O)CN(c2cccc3cccnc23)S(C)(=O)=O)C1. The summed E-state index contributed by atoms with van der Waals surface area (Å²) in [6.07, 6.45) is 4.82. The van der Waals surface area contributed by atoms with Crippen LogP contribution < -0.4 is 4.31 Å². The predicted octanol–water partition coefficient (Wildman–Crippen LogP) is 2.26. The average Bonchev–Trinajstić information content (AvgIpc) is 2.58. The number of fused-ring (bicyclic) bond motifs is 1. The first kappa shape index (κ1) is 17.7. The van der Waals surface area contributed by atoms with Crippen LogP contribution in [0.25, 0.3) is 10.9 Å². The van der Waals surface area contributed by atoms with E-state index in [0.29, 0.717) is 30.2 Å². The molecule has 1 amide bonds. The third-order valence-electron chi connectivity index (χ3n) is 4.57. The molecule has 2 heterocycles. The fourth-order valence-corrected chi connectivity index (χ4v) is 4.16. The fraction of sp³-hybridized carbons (Fsp3) is 0.444. The monoisotopic (exact) mass is 361 g/mol. The lowest BCUT2D eigenvalue weighted by Crippen LogP contribution is -2.46. The highest BCUT2D eigenvalue weighted by Crippen LogP contribution is 2.27. The second-order valence-electron chi connectivity index (χ2n) is 6.71. The molecule has 2 aromatic rings. The number of anilines is 1. The largest absolute Gasteiger partial charge is 0.341 e. The van der Waals surface area contributed by atoms with Crippen molar-refractivity contribution in [3.8, 4) is 0 Å². The van der Waals surface area contributed by atoms with Crippen molar-refractivity contribution in [3.05, 3.63) is 36.5 Å². The Morgan fingerprint density at radius 2 is 2.08 bits per heavy atom. The van der Waals surface area contributed by atoms with E-state index in [0.717, 1.165) is 24.5 Å². The summed E-state index contributed by atoms with van der Waals surface area (Å²) >= 11 is 0. The second kappa shape index (κ2) is 7.00. The Balaban J connectivity index is 1.94. The molecule has 1 saturated heterocycles. The van der Waals surface area contributed by atoms with Crippen LogP contribution in [0.15, 0.2) is 36.5 Å². The number of amides is 1. The minimum Gasteiger partial charge on any atom is -0.341 e. The smallest absolute Gasteiger partial charge is 0.243 e. The van der Waals surface area contributed by atoms with Crippen LogP contribution in [0.3, 0.4) is 0 Å². The highest BCUT2D eigenvalue weighted by atomic mass is 32.2. The Hall–Kier alpha value is -2.15. The highest BCUT2D eigenvalue weighted by molar-refractivity contribution is 7.92. The summed E-state index contributed by atoms with van der Waals surface area (Å²) in [5.41, 5.74) is 1.02. The first-order valence-electron chi connectivity index (χ1n) is 8.45. The van der Waals surface area contributed by atoms with Crippen LogP contribution in [0.4, 0.5) is 5.69 Å². The predicted molar refractivity (Wildman–Crippen MR) is 98.9 cm³/mol. The van der Waals surface area contributed by atoms with Crippen LogP contribution in [0.2, 0.25) is 0 Å². The number of sulfonamides is 1. The van der Waals surface area contributed by atoms with E-state index in [1.54, 1.807) is 29.3 Å². The third kappa shape index (κ3) is 3.92. The quantitative estimate of drug-likeness (QED) is 0.837. The molecule has 7 heteroatoms. The van der Waals surface area contributed by atoms with Gasteiger partial charge in [-0.1, -0.05) is 25.1 Å². The van der Waals surface area contributed by atoms with Crippen molar-refractivity contribution in [2.75, 3.05) is 30.2 Å². The lowest BCUT2D eigenvalue weighted by atomic mass is 10.0. The second-order valence-corrected chi connectivity index (χ2v) is 8.62. The fourth-order valence-electron chi connectivity index (χ4n) is 3.31. The average molecular weight is 361 g/mol. The number of pyridine rings is 1. The van der Waals surface area contributed by atoms with Crippen molar-refractivity contribution in [1.29, 1.82) is 0 Å². The van der Waals surface area contributed by atoms with E-state index < -0.39 is 10.0 Å². The van der Waals surface area contributed by atoms with Gasteiger partial charge in [0.25, 0.3) is 0 Å². The van der Waals surface area contributed by atoms with Crippen LogP contribution in [0.5, 0.6) is 0 Å². The molecule has 134 valence electrons. The van der Waals surface area contributed by atoms with Gasteiger partial charge in [-0.15, -0.1) is 0 Å². The summed E-state index contributed by atoms with van der Waals surface area (Å²) in [5, 5.41) is 0.840. The first-order chi connectivity index (χ1) is 11.9. The van der Waals surface area contributed by atoms with Crippen LogP contribution in [0.1, 0.15) is 19.8 Å². The molecule has 1 unspecified atom stereocenters. The Bertz CT molecular complexity index is 877. The summed E-state index contributed by atoms with van der Waals surface area (Å²) in [6.45, 7) is 3.29. The number of likely N-dealkylation sites (tertiary alicyclic amines) is 1. The molecule has 1 aromatic carbocycles. The van der Waals surface area contributed by atoms with E-state index in [1.165, 1.54) is 4.31 Å². The molecule has 3 rings (SSSR count). The number of piperidine rings is 1. The van der Waals surface area contributed by atoms with Gasteiger partial charge in [0.15, 0.2) is 0 Å². The first-order valence-corrected chi connectivity index (χ1v) is 10.3. The van der Waals surface area contributed by atoms with Gasteiger partial charge < -0.3 is 4.90 Å².